The molecule has 0 amide bonds. The number of rotatable bonds is 7. The van der Waals surface area contributed by atoms with Gasteiger partial charge in [0.25, 0.3) is 0 Å². The van der Waals surface area contributed by atoms with Gasteiger partial charge >= 0.3 is 0 Å². The monoisotopic (exact) mass is 267 g/mol. The lowest BCUT2D eigenvalue weighted by atomic mass is 10.2. The zero-order chi connectivity index (χ0) is 11.9. The summed E-state index contributed by atoms with van der Waals surface area (Å²) in [6.07, 6.45) is 7.59. The Morgan fingerprint density at radius 2 is 2.24 bits per heavy atom. The van der Waals surface area contributed by atoms with Gasteiger partial charge in [-0.15, -0.1) is 11.3 Å². The van der Waals surface area contributed by atoms with Gasteiger partial charge in [0.05, 0.1) is 5.39 Å². The van der Waals surface area contributed by atoms with Crippen molar-refractivity contribution in [1.82, 2.24) is 9.97 Å². The molecule has 0 radical (unpaired) electrons. The van der Waals surface area contributed by atoms with E-state index in [-0.39, 0.29) is 0 Å². The average molecular weight is 267 g/mol. The minimum atomic E-state index is 0.973. The molecule has 17 heavy (non-hydrogen) atoms. The minimum Gasteiger partial charge on any atom is -0.369 e. The number of nitrogens with one attached hydrogen (secondary N) is 1. The van der Waals surface area contributed by atoms with Crippen molar-refractivity contribution in [2.45, 2.75) is 19.3 Å². The average Bonchev–Trinajstić information content (AvgIpc) is 2.82. The van der Waals surface area contributed by atoms with Gasteiger partial charge in [-0.05, 0) is 36.3 Å². The molecule has 0 aliphatic carbocycles. The molecule has 2 heterocycles. The normalized spacial score (nSPS) is 10.9. The summed E-state index contributed by atoms with van der Waals surface area (Å²) in [6, 6.07) is 2.08. The number of hydrogen-bond acceptors (Lipinski definition) is 5. The first-order valence-corrected chi connectivity index (χ1v) is 8.10. The van der Waals surface area contributed by atoms with E-state index >= 15 is 0 Å². The number of aromatic nitrogens is 2. The third-order valence-corrected chi connectivity index (χ3v) is 4.10. The Kier molecular flexibility index (Phi) is 5.07. The largest absolute Gasteiger partial charge is 0.369 e. The van der Waals surface area contributed by atoms with Crippen LogP contribution < -0.4 is 5.32 Å². The molecule has 2 rings (SSSR count). The molecular weight excluding hydrogens is 250 g/mol. The summed E-state index contributed by atoms with van der Waals surface area (Å²) in [7, 11) is 0. The third-order valence-electron chi connectivity index (χ3n) is 2.58. The molecular formula is C12H17N3S2. The summed E-state index contributed by atoms with van der Waals surface area (Å²) < 4.78 is 0. The molecule has 0 fully saturated rings. The molecule has 0 unspecified atom stereocenters. The van der Waals surface area contributed by atoms with Gasteiger partial charge in [-0.3, -0.25) is 0 Å². The van der Waals surface area contributed by atoms with Crippen molar-refractivity contribution in [1.29, 1.82) is 0 Å². The van der Waals surface area contributed by atoms with E-state index in [1.807, 2.05) is 11.8 Å². The molecule has 3 nitrogen and oxygen atoms in total. The molecule has 1 N–H and O–H groups in total. The van der Waals surface area contributed by atoms with Crippen LogP contribution in [0.5, 0.6) is 0 Å². The van der Waals surface area contributed by atoms with Crippen LogP contribution in [-0.2, 0) is 0 Å². The molecule has 0 saturated carbocycles. The summed E-state index contributed by atoms with van der Waals surface area (Å²) in [5, 5.41) is 6.60. The highest BCUT2D eigenvalue weighted by atomic mass is 32.2. The fraction of sp³-hybridized carbons (Fsp3) is 0.500. The van der Waals surface area contributed by atoms with Gasteiger partial charge in [0, 0.05) is 6.54 Å². The molecule has 0 bridgehead atoms. The molecule has 5 heteroatoms. The van der Waals surface area contributed by atoms with Crippen LogP contribution >= 0.6 is 23.1 Å². The summed E-state index contributed by atoms with van der Waals surface area (Å²) in [5.74, 6) is 2.24. The second kappa shape index (κ2) is 6.81. The van der Waals surface area contributed by atoms with Crippen molar-refractivity contribution in [3.63, 3.8) is 0 Å². The van der Waals surface area contributed by atoms with E-state index in [1.54, 1.807) is 17.7 Å². The highest BCUT2D eigenvalue weighted by Crippen LogP contribution is 2.23. The molecule has 2 aromatic heterocycles. The lowest BCUT2D eigenvalue weighted by Gasteiger charge is -2.05. The fourth-order valence-corrected chi connectivity index (χ4v) is 2.91. The van der Waals surface area contributed by atoms with E-state index in [2.05, 4.69) is 33.0 Å². The van der Waals surface area contributed by atoms with E-state index in [4.69, 9.17) is 0 Å². The van der Waals surface area contributed by atoms with E-state index in [1.165, 1.54) is 25.0 Å². The minimum absolute atomic E-state index is 0.973. The number of anilines is 1. The van der Waals surface area contributed by atoms with Gasteiger partial charge < -0.3 is 5.32 Å². The Balaban J connectivity index is 1.80. The van der Waals surface area contributed by atoms with Gasteiger partial charge in [-0.25, -0.2) is 9.97 Å². The van der Waals surface area contributed by atoms with Crippen molar-refractivity contribution in [2.24, 2.45) is 0 Å². The SMILES string of the molecule is CSCCCCCNc1ncnc2sccc12. The van der Waals surface area contributed by atoms with Crippen LogP contribution in [0.15, 0.2) is 17.8 Å². The number of fused-ring (bicyclic) bond motifs is 1. The summed E-state index contributed by atoms with van der Waals surface area (Å²) in [4.78, 5) is 9.59. The Morgan fingerprint density at radius 3 is 3.12 bits per heavy atom. The Bertz CT molecular complexity index is 456. The van der Waals surface area contributed by atoms with Crippen molar-refractivity contribution in [3.05, 3.63) is 17.8 Å². The van der Waals surface area contributed by atoms with Crippen LogP contribution in [0.2, 0.25) is 0 Å². The first-order chi connectivity index (χ1) is 8.42. The maximum atomic E-state index is 4.29. The van der Waals surface area contributed by atoms with Gasteiger partial charge in [0.1, 0.15) is 17.0 Å². The standard InChI is InChI=1S/C12H17N3S2/c1-16-7-4-2-3-6-13-11-10-5-8-17-12(10)15-9-14-11/h5,8-9H,2-4,6-7H2,1H3,(H,13,14,15). The Morgan fingerprint density at radius 1 is 1.29 bits per heavy atom. The Labute approximate surface area is 110 Å². The maximum absolute atomic E-state index is 4.29. The van der Waals surface area contributed by atoms with Crippen molar-refractivity contribution in [2.75, 3.05) is 23.9 Å². The van der Waals surface area contributed by atoms with E-state index in [0.717, 1.165) is 22.6 Å². The fourth-order valence-electron chi connectivity index (χ4n) is 1.69. The van der Waals surface area contributed by atoms with Gasteiger partial charge in [-0.2, -0.15) is 11.8 Å². The predicted octanol–water partition coefficient (Wildman–Crippen LogP) is 3.64. The van der Waals surface area contributed by atoms with Gasteiger partial charge in [0.2, 0.25) is 0 Å². The summed E-state index contributed by atoms with van der Waals surface area (Å²) in [6.45, 7) is 0.996. The number of hydrogen-bond donors (Lipinski definition) is 1. The number of thiophene rings is 1. The number of thioether (sulfide) groups is 1. The number of unbranched alkanes of at least 4 members (excludes halogenated alkanes) is 2. The van der Waals surface area contributed by atoms with Crippen LogP contribution in [0.4, 0.5) is 5.82 Å². The van der Waals surface area contributed by atoms with E-state index < -0.39 is 0 Å². The lowest BCUT2D eigenvalue weighted by molar-refractivity contribution is 0.748. The zero-order valence-electron chi connectivity index (χ0n) is 9.98. The van der Waals surface area contributed by atoms with Crippen molar-refractivity contribution >= 4 is 39.1 Å². The smallest absolute Gasteiger partial charge is 0.138 e. The second-order valence-electron chi connectivity index (χ2n) is 3.84. The van der Waals surface area contributed by atoms with Crippen molar-refractivity contribution in [3.8, 4) is 0 Å². The molecule has 92 valence electrons. The van der Waals surface area contributed by atoms with Crippen LogP contribution in [0.3, 0.4) is 0 Å². The molecule has 0 atom stereocenters. The van der Waals surface area contributed by atoms with Crippen LogP contribution in [-0.4, -0.2) is 28.5 Å². The topological polar surface area (TPSA) is 37.8 Å². The van der Waals surface area contributed by atoms with Gasteiger partial charge in [-0.1, -0.05) is 6.42 Å². The van der Waals surface area contributed by atoms with E-state index in [9.17, 15) is 0 Å². The molecule has 0 spiro atoms. The quantitative estimate of drug-likeness (QED) is 0.777. The third kappa shape index (κ3) is 3.57. The van der Waals surface area contributed by atoms with Crippen LogP contribution in [0.25, 0.3) is 10.2 Å². The van der Waals surface area contributed by atoms with Crippen LogP contribution in [0, 0.1) is 0 Å². The highest BCUT2D eigenvalue weighted by molar-refractivity contribution is 7.98. The summed E-state index contributed by atoms with van der Waals surface area (Å²) >= 11 is 3.58. The molecule has 0 aliphatic heterocycles. The molecule has 0 saturated heterocycles. The number of nitrogens with zero attached hydrogens (tertiary/aromatic N) is 2. The molecule has 0 aliphatic rings. The zero-order valence-corrected chi connectivity index (χ0v) is 11.6. The Hall–Kier alpha value is -0.810. The highest BCUT2D eigenvalue weighted by Gasteiger charge is 2.03. The molecule has 2 aromatic rings. The second-order valence-corrected chi connectivity index (χ2v) is 5.72. The van der Waals surface area contributed by atoms with E-state index in [0.29, 0.717) is 0 Å². The summed E-state index contributed by atoms with van der Waals surface area (Å²) in [5.41, 5.74) is 0. The van der Waals surface area contributed by atoms with Crippen molar-refractivity contribution < 1.29 is 0 Å². The lowest BCUT2D eigenvalue weighted by Crippen LogP contribution is -2.03. The first-order valence-electron chi connectivity index (χ1n) is 5.83. The maximum Gasteiger partial charge on any atom is 0.138 e. The first kappa shape index (κ1) is 12.6. The van der Waals surface area contributed by atoms with Crippen LogP contribution in [0.1, 0.15) is 19.3 Å². The van der Waals surface area contributed by atoms with Gasteiger partial charge in [0.15, 0.2) is 0 Å². The predicted molar refractivity (Wildman–Crippen MR) is 78.1 cm³/mol. The molecule has 0 aromatic carbocycles.